The molecule has 1 N–H and O–H groups in total. The predicted octanol–water partition coefficient (Wildman–Crippen LogP) is 3.38. The average Bonchev–Trinajstić information content (AvgIpc) is 3.26. The Labute approximate surface area is 169 Å². The van der Waals surface area contributed by atoms with Crippen molar-refractivity contribution in [2.75, 3.05) is 26.2 Å². The van der Waals surface area contributed by atoms with E-state index in [0.29, 0.717) is 12.6 Å². The van der Waals surface area contributed by atoms with Crippen LogP contribution in [0.2, 0.25) is 0 Å². The summed E-state index contributed by atoms with van der Waals surface area (Å²) in [6.45, 7) is 6.81. The molecular weight excluding hydrogens is 348 g/mol. The SMILES string of the molecule is Cc1cc(-n2cccn2)ccc1CN1CCN(C2CCCCC2)[C@H](CCO)C1. The Morgan fingerprint density at radius 2 is 2.00 bits per heavy atom. The molecule has 0 radical (unpaired) electrons. The normalized spacial score (nSPS) is 22.6. The largest absolute Gasteiger partial charge is 0.396 e. The molecule has 5 nitrogen and oxygen atoms in total. The Hall–Kier alpha value is -1.69. The van der Waals surface area contributed by atoms with Crippen molar-refractivity contribution >= 4 is 0 Å². The number of aliphatic hydroxyl groups excluding tert-OH is 1. The van der Waals surface area contributed by atoms with E-state index >= 15 is 0 Å². The number of aryl methyl sites for hydroxylation is 1. The molecule has 1 aliphatic heterocycles. The van der Waals surface area contributed by atoms with E-state index in [4.69, 9.17) is 0 Å². The van der Waals surface area contributed by atoms with Gasteiger partial charge in [0.05, 0.1) is 5.69 Å². The zero-order chi connectivity index (χ0) is 19.3. The first-order valence-electron chi connectivity index (χ1n) is 10.9. The van der Waals surface area contributed by atoms with E-state index in [1.165, 1.54) is 43.2 Å². The van der Waals surface area contributed by atoms with E-state index < -0.39 is 0 Å². The summed E-state index contributed by atoms with van der Waals surface area (Å²) in [7, 11) is 0. The fourth-order valence-electron chi connectivity index (χ4n) is 5.04. The summed E-state index contributed by atoms with van der Waals surface area (Å²) in [5, 5.41) is 14.0. The molecule has 2 heterocycles. The third kappa shape index (κ3) is 4.48. The van der Waals surface area contributed by atoms with Crippen LogP contribution in [-0.2, 0) is 6.54 Å². The maximum atomic E-state index is 9.62. The molecule has 2 aromatic rings. The molecule has 1 aromatic carbocycles. The van der Waals surface area contributed by atoms with Gasteiger partial charge in [0.25, 0.3) is 0 Å². The highest BCUT2D eigenvalue weighted by Gasteiger charge is 2.32. The zero-order valence-corrected chi connectivity index (χ0v) is 17.1. The van der Waals surface area contributed by atoms with Gasteiger partial charge in [0, 0.05) is 57.3 Å². The molecule has 0 amide bonds. The molecule has 28 heavy (non-hydrogen) atoms. The summed E-state index contributed by atoms with van der Waals surface area (Å²) < 4.78 is 1.91. The molecule has 5 heteroatoms. The lowest BCUT2D eigenvalue weighted by Crippen LogP contribution is -2.56. The molecule has 0 spiro atoms. The molecule has 1 saturated carbocycles. The summed E-state index contributed by atoms with van der Waals surface area (Å²) in [6, 6.07) is 9.83. The van der Waals surface area contributed by atoms with Crippen molar-refractivity contribution in [1.29, 1.82) is 0 Å². The van der Waals surface area contributed by atoms with Gasteiger partial charge in [-0.3, -0.25) is 9.80 Å². The smallest absolute Gasteiger partial charge is 0.0648 e. The van der Waals surface area contributed by atoms with Gasteiger partial charge < -0.3 is 5.11 Å². The van der Waals surface area contributed by atoms with Gasteiger partial charge in [-0.05, 0) is 55.5 Å². The number of rotatable bonds is 6. The van der Waals surface area contributed by atoms with Crippen molar-refractivity contribution in [1.82, 2.24) is 19.6 Å². The number of hydrogen-bond donors (Lipinski definition) is 1. The lowest BCUT2D eigenvalue weighted by atomic mass is 9.91. The zero-order valence-electron chi connectivity index (χ0n) is 17.1. The van der Waals surface area contributed by atoms with Gasteiger partial charge >= 0.3 is 0 Å². The van der Waals surface area contributed by atoms with Crippen LogP contribution in [0.25, 0.3) is 5.69 Å². The highest BCUT2D eigenvalue weighted by atomic mass is 16.3. The molecule has 0 unspecified atom stereocenters. The Morgan fingerprint density at radius 3 is 2.71 bits per heavy atom. The quantitative estimate of drug-likeness (QED) is 0.832. The van der Waals surface area contributed by atoms with Crippen LogP contribution >= 0.6 is 0 Å². The molecule has 1 aliphatic carbocycles. The molecule has 1 atom stereocenters. The van der Waals surface area contributed by atoms with Crippen molar-refractivity contribution in [2.24, 2.45) is 0 Å². The number of benzene rings is 1. The van der Waals surface area contributed by atoms with Crippen molar-refractivity contribution in [3.05, 3.63) is 47.8 Å². The Kier molecular flexibility index (Phi) is 6.45. The van der Waals surface area contributed by atoms with E-state index in [0.717, 1.165) is 44.3 Å². The van der Waals surface area contributed by atoms with Crippen LogP contribution in [0.15, 0.2) is 36.7 Å². The fraction of sp³-hybridized carbons (Fsp3) is 0.609. The predicted molar refractivity (Wildman–Crippen MR) is 113 cm³/mol. The number of piperazine rings is 1. The number of aliphatic hydroxyl groups is 1. The summed E-state index contributed by atoms with van der Waals surface area (Å²) in [6.07, 6.45) is 11.5. The third-order valence-electron chi connectivity index (χ3n) is 6.61. The fourth-order valence-corrected chi connectivity index (χ4v) is 5.04. The molecule has 2 fully saturated rings. The molecule has 0 bridgehead atoms. The molecule has 1 saturated heterocycles. The summed E-state index contributed by atoms with van der Waals surface area (Å²) in [5.74, 6) is 0. The van der Waals surface area contributed by atoms with E-state index in [1.54, 1.807) is 0 Å². The van der Waals surface area contributed by atoms with Gasteiger partial charge in [-0.25, -0.2) is 4.68 Å². The Bertz CT molecular complexity index is 739. The summed E-state index contributed by atoms with van der Waals surface area (Å²) in [4.78, 5) is 5.30. The molecular formula is C23H34N4O. The van der Waals surface area contributed by atoms with Crippen LogP contribution in [0.4, 0.5) is 0 Å². The van der Waals surface area contributed by atoms with Crippen molar-refractivity contribution < 1.29 is 5.11 Å². The number of aromatic nitrogens is 2. The van der Waals surface area contributed by atoms with Crippen LogP contribution in [0, 0.1) is 6.92 Å². The number of nitrogens with zero attached hydrogens (tertiary/aromatic N) is 4. The Morgan fingerprint density at radius 1 is 1.14 bits per heavy atom. The van der Waals surface area contributed by atoms with Gasteiger partial charge in [0.1, 0.15) is 0 Å². The second-order valence-electron chi connectivity index (χ2n) is 8.49. The van der Waals surface area contributed by atoms with Gasteiger partial charge in [-0.2, -0.15) is 5.10 Å². The minimum Gasteiger partial charge on any atom is -0.396 e. The standard InChI is InChI=1S/C23H34N4O/c1-19-16-22(27-12-5-11-24-27)9-8-20(19)17-25-13-14-26(23(18-25)10-15-28)21-6-3-2-4-7-21/h5,8-9,11-12,16,21,23,28H,2-4,6-7,10,13-15,17-18H2,1H3/t23-/m1/s1. The van der Waals surface area contributed by atoms with Crippen molar-refractivity contribution in [2.45, 2.75) is 64.1 Å². The highest BCUT2D eigenvalue weighted by molar-refractivity contribution is 5.39. The van der Waals surface area contributed by atoms with Crippen molar-refractivity contribution in [3.8, 4) is 5.69 Å². The minimum absolute atomic E-state index is 0.291. The van der Waals surface area contributed by atoms with Crippen LogP contribution in [0.3, 0.4) is 0 Å². The van der Waals surface area contributed by atoms with Gasteiger partial charge in [0.15, 0.2) is 0 Å². The molecule has 2 aliphatic rings. The second kappa shape index (κ2) is 9.21. The first-order chi connectivity index (χ1) is 13.7. The van der Waals surface area contributed by atoms with E-state index in [-0.39, 0.29) is 0 Å². The highest BCUT2D eigenvalue weighted by Crippen LogP contribution is 2.28. The van der Waals surface area contributed by atoms with Crippen LogP contribution in [0.5, 0.6) is 0 Å². The van der Waals surface area contributed by atoms with E-state index in [9.17, 15) is 5.11 Å². The first kappa shape index (κ1) is 19.6. The molecule has 1 aromatic heterocycles. The molecule has 4 rings (SSSR count). The van der Waals surface area contributed by atoms with Gasteiger partial charge in [0.2, 0.25) is 0 Å². The number of hydrogen-bond acceptors (Lipinski definition) is 4. The third-order valence-corrected chi connectivity index (χ3v) is 6.61. The lowest BCUT2D eigenvalue weighted by Gasteiger charge is -2.46. The van der Waals surface area contributed by atoms with E-state index in [2.05, 4.69) is 40.0 Å². The summed E-state index contributed by atoms with van der Waals surface area (Å²) >= 11 is 0. The summed E-state index contributed by atoms with van der Waals surface area (Å²) in [5.41, 5.74) is 3.83. The molecule has 152 valence electrons. The van der Waals surface area contributed by atoms with Crippen molar-refractivity contribution in [3.63, 3.8) is 0 Å². The maximum Gasteiger partial charge on any atom is 0.0648 e. The Balaban J connectivity index is 1.41. The minimum atomic E-state index is 0.291. The van der Waals surface area contributed by atoms with E-state index in [1.807, 2.05) is 23.1 Å². The van der Waals surface area contributed by atoms with Gasteiger partial charge in [-0.1, -0.05) is 25.3 Å². The average molecular weight is 383 g/mol. The lowest BCUT2D eigenvalue weighted by molar-refractivity contribution is 0.0136. The topological polar surface area (TPSA) is 44.5 Å². The van der Waals surface area contributed by atoms with Crippen LogP contribution in [-0.4, -0.2) is 63.0 Å². The van der Waals surface area contributed by atoms with Gasteiger partial charge in [-0.15, -0.1) is 0 Å². The second-order valence-corrected chi connectivity index (χ2v) is 8.49. The monoisotopic (exact) mass is 382 g/mol. The van der Waals surface area contributed by atoms with Crippen LogP contribution < -0.4 is 0 Å². The first-order valence-corrected chi connectivity index (χ1v) is 10.9. The maximum absolute atomic E-state index is 9.62. The van der Waals surface area contributed by atoms with Crippen LogP contribution in [0.1, 0.15) is 49.7 Å².